The van der Waals surface area contributed by atoms with Crippen LogP contribution in [0.3, 0.4) is 0 Å². The Bertz CT molecular complexity index is 1520. The molecule has 1 N–H and O–H groups in total. The number of halogens is 3. The largest absolute Gasteiger partial charge is 0.495 e. The minimum absolute atomic E-state index is 0.0130. The van der Waals surface area contributed by atoms with Crippen LogP contribution in [0.4, 0.5) is 18.9 Å². The summed E-state index contributed by atoms with van der Waals surface area (Å²) in [5, 5.41) is 11.7. The number of carbonyl (C=O) groups is 2. The molecule has 1 saturated heterocycles. The Morgan fingerprint density at radius 3 is 2.45 bits per heavy atom. The van der Waals surface area contributed by atoms with Crippen LogP contribution in [0.5, 0.6) is 5.75 Å². The second kappa shape index (κ2) is 10.2. The van der Waals surface area contributed by atoms with Gasteiger partial charge in [-0.25, -0.2) is 4.98 Å². The summed E-state index contributed by atoms with van der Waals surface area (Å²) in [4.78, 5) is 31.9. The maximum absolute atomic E-state index is 14.8. The summed E-state index contributed by atoms with van der Waals surface area (Å²) in [5.74, 6) is -0.713. The number of aromatic nitrogens is 2. The van der Waals surface area contributed by atoms with E-state index in [4.69, 9.17) is 4.74 Å². The maximum Gasteiger partial charge on any atom is 0.419 e. The summed E-state index contributed by atoms with van der Waals surface area (Å²) < 4.78 is 51.0. The van der Waals surface area contributed by atoms with Crippen LogP contribution in [-0.2, 0) is 18.0 Å². The number of hydrogen-bond acceptors (Lipinski definition) is 5. The van der Waals surface area contributed by atoms with E-state index in [1.807, 2.05) is 24.8 Å². The molecule has 1 aliphatic heterocycles. The molecular weight excluding hydrogens is 523 g/mol. The van der Waals surface area contributed by atoms with Gasteiger partial charge in [0.25, 0.3) is 5.91 Å². The molecule has 3 atom stereocenters. The van der Waals surface area contributed by atoms with Crippen LogP contribution >= 0.6 is 0 Å². The highest BCUT2D eigenvalue weighted by Crippen LogP contribution is 2.52. The van der Waals surface area contributed by atoms with Gasteiger partial charge in [-0.15, -0.1) is 0 Å². The Morgan fingerprint density at radius 1 is 1.20 bits per heavy atom. The zero-order valence-electron chi connectivity index (χ0n) is 22.7. The molecule has 2 unspecified atom stereocenters. The molecule has 3 aromatic rings. The van der Waals surface area contributed by atoms with E-state index in [2.05, 4.69) is 10.3 Å². The molecule has 2 amide bonds. The van der Waals surface area contributed by atoms with Crippen molar-refractivity contribution in [1.29, 1.82) is 5.26 Å². The number of likely N-dealkylation sites (tertiary alicyclic amines) is 1. The quantitative estimate of drug-likeness (QED) is 0.460. The van der Waals surface area contributed by atoms with E-state index in [-0.39, 0.29) is 57.5 Å². The fourth-order valence-corrected chi connectivity index (χ4v) is 6.42. The molecule has 8 nitrogen and oxygen atoms in total. The summed E-state index contributed by atoms with van der Waals surface area (Å²) in [6, 6.07) is 5.99. The number of carbonyl (C=O) groups excluding carboxylic acids is 2. The van der Waals surface area contributed by atoms with Crippen molar-refractivity contribution in [1.82, 2.24) is 14.5 Å². The van der Waals surface area contributed by atoms with Gasteiger partial charge in [0.1, 0.15) is 17.5 Å². The molecule has 2 aliphatic rings. The number of rotatable bonds is 5. The first-order chi connectivity index (χ1) is 18.9. The van der Waals surface area contributed by atoms with Gasteiger partial charge in [0.15, 0.2) is 0 Å². The minimum atomic E-state index is -4.79. The average Bonchev–Trinajstić information content (AvgIpc) is 3.37. The summed E-state index contributed by atoms with van der Waals surface area (Å²) in [6.45, 7) is 4.73. The molecule has 2 fully saturated rings. The molecular formula is C29H30F3N5O3. The molecule has 1 aromatic carbocycles. The van der Waals surface area contributed by atoms with Gasteiger partial charge in [-0.05, 0) is 54.4 Å². The number of piperidine rings is 1. The van der Waals surface area contributed by atoms with Crippen molar-refractivity contribution < 1.29 is 27.5 Å². The Labute approximate surface area is 229 Å². The van der Waals surface area contributed by atoms with Gasteiger partial charge in [-0.3, -0.25) is 9.59 Å². The molecule has 3 heterocycles. The highest BCUT2D eigenvalue weighted by molar-refractivity contribution is 6.06. The van der Waals surface area contributed by atoms with Gasteiger partial charge >= 0.3 is 6.18 Å². The number of alkyl halides is 3. The average molecular weight is 554 g/mol. The predicted octanol–water partition coefficient (Wildman–Crippen LogP) is 5.33. The van der Waals surface area contributed by atoms with Crippen molar-refractivity contribution in [2.45, 2.75) is 38.8 Å². The number of benzene rings is 1. The number of nitriles is 1. The van der Waals surface area contributed by atoms with Crippen LogP contribution < -0.4 is 10.1 Å². The third-order valence-electron chi connectivity index (χ3n) is 8.13. The van der Waals surface area contributed by atoms with Crippen molar-refractivity contribution in [3.63, 3.8) is 0 Å². The number of anilines is 1. The molecule has 2 aromatic heterocycles. The van der Waals surface area contributed by atoms with Crippen LogP contribution in [0.2, 0.25) is 0 Å². The molecule has 210 valence electrons. The van der Waals surface area contributed by atoms with Crippen molar-refractivity contribution in [3.8, 4) is 11.8 Å². The number of ether oxygens (including phenoxy) is 1. The smallest absolute Gasteiger partial charge is 0.419 e. The number of aryl methyl sites for hydroxylation is 1. The lowest BCUT2D eigenvalue weighted by atomic mass is 9.79. The van der Waals surface area contributed by atoms with Crippen LogP contribution in [0, 0.1) is 29.1 Å². The van der Waals surface area contributed by atoms with Gasteiger partial charge in [-0.1, -0.05) is 13.8 Å². The fourth-order valence-electron chi connectivity index (χ4n) is 6.42. The maximum atomic E-state index is 14.8. The normalized spacial score (nSPS) is 20.6. The van der Waals surface area contributed by atoms with Gasteiger partial charge in [0.05, 0.1) is 30.1 Å². The second-order valence-corrected chi connectivity index (χ2v) is 10.9. The Morgan fingerprint density at radius 2 is 1.88 bits per heavy atom. The summed E-state index contributed by atoms with van der Waals surface area (Å²) >= 11 is 0. The number of methoxy groups -OCH3 is 1. The van der Waals surface area contributed by atoms with Crippen molar-refractivity contribution in [2.24, 2.45) is 24.8 Å². The number of nitrogens with zero attached hydrogens (tertiary/aromatic N) is 4. The van der Waals surface area contributed by atoms with E-state index in [1.165, 1.54) is 25.3 Å². The van der Waals surface area contributed by atoms with Gasteiger partial charge in [-0.2, -0.15) is 18.4 Å². The van der Waals surface area contributed by atoms with Crippen LogP contribution in [0.1, 0.15) is 59.7 Å². The van der Waals surface area contributed by atoms with E-state index in [0.29, 0.717) is 18.7 Å². The third kappa shape index (κ3) is 4.65. The van der Waals surface area contributed by atoms with Crippen molar-refractivity contribution in [2.75, 3.05) is 25.5 Å². The lowest BCUT2D eigenvalue weighted by Crippen LogP contribution is -2.45. The van der Waals surface area contributed by atoms with E-state index >= 15 is 0 Å². The topological polar surface area (TPSA) is 100 Å². The lowest BCUT2D eigenvalue weighted by Gasteiger charge is -2.39. The molecule has 0 radical (unpaired) electrons. The standard InChI is InChI=1S/C29H30F3N5O3/c1-15(2)28(39)37-12-17-5-6-18(13-37)23(17)20-14-36(3)26-24(20)25(29(30,31)32)21(11-34-26)35-27(38)16-7-8-22(40-4)19(9-16)10-33/h7-9,11,14-15,17-18,23H,5-6,12-13H2,1-4H3,(H,35,38)/t17-,18?,23?/m1/s1. The van der Waals surface area contributed by atoms with Crippen LogP contribution in [0.25, 0.3) is 11.0 Å². The molecule has 2 bridgehead atoms. The minimum Gasteiger partial charge on any atom is -0.495 e. The third-order valence-corrected chi connectivity index (χ3v) is 8.13. The van der Waals surface area contributed by atoms with Gasteiger partial charge < -0.3 is 19.5 Å². The molecule has 40 heavy (non-hydrogen) atoms. The molecule has 1 aliphatic carbocycles. The SMILES string of the molecule is COc1ccc(C(=O)Nc2cnc3c(c(C4C5CC[C@@H]4CN(C(=O)C(C)C)C5)cn3C)c2C(F)(F)F)cc1C#N. The van der Waals surface area contributed by atoms with E-state index < -0.39 is 23.3 Å². The second-order valence-electron chi connectivity index (χ2n) is 10.9. The monoisotopic (exact) mass is 553 g/mol. The van der Waals surface area contributed by atoms with Crippen LogP contribution in [0.15, 0.2) is 30.6 Å². The van der Waals surface area contributed by atoms with Crippen molar-refractivity contribution in [3.05, 3.63) is 52.8 Å². The first-order valence-corrected chi connectivity index (χ1v) is 13.2. The highest BCUT2D eigenvalue weighted by atomic mass is 19.4. The van der Waals surface area contributed by atoms with Crippen molar-refractivity contribution >= 4 is 28.5 Å². The first kappa shape index (κ1) is 27.5. The summed E-state index contributed by atoms with van der Waals surface area (Å²) in [5.41, 5.74) is -0.575. The number of amides is 2. The zero-order chi connectivity index (χ0) is 28.9. The fraction of sp³-hybridized carbons (Fsp3) is 0.448. The van der Waals surface area contributed by atoms with Crippen LogP contribution in [-0.4, -0.2) is 46.5 Å². The predicted molar refractivity (Wildman–Crippen MR) is 142 cm³/mol. The lowest BCUT2D eigenvalue weighted by molar-refractivity contribution is -0.137. The van der Waals surface area contributed by atoms with E-state index in [9.17, 15) is 28.0 Å². The zero-order valence-corrected chi connectivity index (χ0v) is 22.7. The van der Waals surface area contributed by atoms with Gasteiger partial charge in [0.2, 0.25) is 5.91 Å². The van der Waals surface area contributed by atoms with E-state index in [0.717, 1.165) is 19.0 Å². The van der Waals surface area contributed by atoms with E-state index in [1.54, 1.807) is 17.8 Å². The molecule has 11 heteroatoms. The highest BCUT2D eigenvalue weighted by Gasteiger charge is 2.47. The number of fused-ring (bicyclic) bond motifs is 3. The van der Waals surface area contributed by atoms with Gasteiger partial charge in [0, 0.05) is 43.2 Å². The molecule has 5 rings (SSSR count). The summed E-state index contributed by atoms with van der Waals surface area (Å²) in [6.07, 6.45) is -0.378. The Balaban J connectivity index is 1.57. The molecule has 1 saturated carbocycles. The first-order valence-electron chi connectivity index (χ1n) is 13.2. The number of pyridine rings is 1. The summed E-state index contributed by atoms with van der Waals surface area (Å²) in [7, 11) is 3.04. The number of hydrogen-bond donors (Lipinski definition) is 1. The molecule has 0 spiro atoms. The Hall–Kier alpha value is -4.07. The Kier molecular flexibility index (Phi) is 6.98. The number of nitrogens with one attached hydrogen (secondary N) is 1.